The maximum Gasteiger partial charge on any atom is 0.152 e. The Morgan fingerprint density at radius 2 is 1.78 bits per heavy atom. The Labute approximate surface area is 135 Å². The van der Waals surface area contributed by atoms with Crippen LogP contribution in [0, 0.1) is 0 Å². The monoisotopic (exact) mass is 330 g/mol. The molecular weight excluding hydrogens is 312 g/mol. The molecule has 120 valence electrons. The largest absolute Gasteiger partial charge is 0.507 e. The fourth-order valence-electron chi connectivity index (χ4n) is 2.64. The van der Waals surface area contributed by atoms with E-state index in [2.05, 4.69) is 5.10 Å². The number of rotatable bonds is 4. The molecule has 0 radical (unpaired) electrons. The first-order valence-corrected chi connectivity index (χ1v) is 9.24. The van der Waals surface area contributed by atoms with E-state index in [1.807, 2.05) is 36.4 Å². The van der Waals surface area contributed by atoms with Crippen LogP contribution in [0.5, 0.6) is 5.75 Å². The minimum atomic E-state index is -3.00. The van der Waals surface area contributed by atoms with Crippen molar-refractivity contribution < 1.29 is 13.5 Å². The van der Waals surface area contributed by atoms with E-state index in [0.29, 0.717) is 12.0 Å². The van der Waals surface area contributed by atoms with Crippen LogP contribution in [0.1, 0.15) is 12.0 Å². The lowest BCUT2D eigenvalue weighted by atomic mass is 10.2. The van der Waals surface area contributed by atoms with Gasteiger partial charge < -0.3 is 5.11 Å². The summed E-state index contributed by atoms with van der Waals surface area (Å²) in [7, 11) is -3.00. The molecule has 1 saturated heterocycles. The van der Waals surface area contributed by atoms with Gasteiger partial charge in [-0.3, -0.25) is 5.01 Å². The number of sulfone groups is 1. The van der Waals surface area contributed by atoms with Gasteiger partial charge in [-0.05, 0) is 30.7 Å². The summed E-state index contributed by atoms with van der Waals surface area (Å²) in [5.41, 5.74) is 1.43. The number of aromatic hydroxyl groups is 1. The van der Waals surface area contributed by atoms with Crippen molar-refractivity contribution in [3.63, 3.8) is 0 Å². The van der Waals surface area contributed by atoms with Crippen LogP contribution in [0.4, 0.5) is 5.69 Å². The fraction of sp³-hybridized carbons (Fsp3) is 0.235. The normalized spacial score (nSPS) is 19.9. The highest BCUT2D eigenvalue weighted by Crippen LogP contribution is 2.25. The van der Waals surface area contributed by atoms with E-state index in [1.54, 1.807) is 29.4 Å². The van der Waals surface area contributed by atoms with E-state index < -0.39 is 9.84 Å². The van der Waals surface area contributed by atoms with E-state index >= 15 is 0 Å². The number of hydrazone groups is 1. The lowest BCUT2D eigenvalue weighted by Gasteiger charge is -2.25. The van der Waals surface area contributed by atoms with Crippen molar-refractivity contribution in [2.75, 3.05) is 16.5 Å². The van der Waals surface area contributed by atoms with Gasteiger partial charge in [-0.25, -0.2) is 8.42 Å². The summed E-state index contributed by atoms with van der Waals surface area (Å²) in [6.07, 6.45) is 2.11. The van der Waals surface area contributed by atoms with Gasteiger partial charge in [0.2, 0.25) is 0 Å². The van der Waals surface area contributed by atoms with Gasteiger partial charge in [0.25, 0.3) is 0 Å². The number of anilines is 1. The SMILES string of the molecule is O=S1(=O)CC[C@H](N(/N=C\c2ccccc2O)c2ccccc2)C1. The van der Waals surface area contributed by atoms with Crippen molar-refractivity contribution in [3.8, 4) is 5.75 Å². The first-order chi connectivity index (χ1) is 11.1. The summed E-state index contributed by atoms with van der Waals surface area (Å²) >= 11 is 0. The molecular formula is C17H18N2O3S. The predicted molar refractivity (Wildman–Crippen MR) is 91.7 cm³/mol. The number of benzene rings is 2. The molecule has 6 heteroatoms. The minimum Gasteiger partial charge on any atom is -0.507 e. The van der Waals surface area contributed by atoms with Crippen molar-refractivity contribution >= 4 is 21.7 Å². The maximum absolute atomic E-state index is 11.8. The lowest BCUT2D eigenvalue weighted by Crippen LogP contribution is -2.31. The summed E-state index contributed by atoms with van der Waals surface area (Å²) in [6, 6.07) is 16.2. The maximum atomic E-state index is 11.8. The summed E-state index contributed by atoms with van der Waals surface area (Å²) in [5.74, 6) is 0.427. The molecule has 0 amide bonds. The molecule has 3 rings (SSSR count). The smallest absolute Gasteiger partial charge is 0.152 e. The van der Waals surface area contributed by atoms with Gasteiger partial charge in [0.1, 0.15) is 5.75 Å². The van der Waals surface area contributed by atoms with Gasteiger partial charge in [-0.15, -0.1) is 0 Å². The molecule has 1 fully saturated rings. The van der Waals surface area contributed by atoms with Gasteiger partial charge in [0, 0.05) is 5.56 Å². The molecule has 1 atom stereocenters. The zero-order valence-electron chi connectivity index (χ0n) is 12.5. The average molecular weight is 330 g/mol. The average Bonchev–Trinajstić information content (AvgIpc) is 2.90. The molecule has 1 N–H and O–H groups in total. The highest BCUT2D eigenvalue weighted by atomic mass is 32.2. The third-order valence-corrected chi connectivity index (χ3v) is 5.58. The zero-order valence-corrected chi connectivity index (χ0v) is 13.4. The predicted octanol–water partition coefficient (Wildman–Crippen LogP) is 2.42. The Balaban J connectivity index is 1.92. The van der Waals surface area contributed by atoms with Crippen molar-refractivity contribution in [2.45, 2.75) is 12.5 Å². The number of hydrogen-bond acceptors (Lipinski definition) is 5. The molecule has 2 aromatic rings. The van der Waals surface area contributed by atoms with E-state index in [1.165, 1.54) is 0 Å². The molecule has 0 spiro atoms. The van der Waals surface area contributed by atoms with E-state index in [0.717, 1.165) is 5.69 Å². The third kappa shape index (κ3) is 3.71. The number of phenolic OH excluding ortho intramolecular Hbond substituents is 1. The van der Waals surface area contributed by atoms with Crippen molar-refractivity contribution in [2.24, 2.45) is 5.10 Å². The fourth-order valence-corrected chi connectivity index (χ4v) is 4.33. The first kappa shape index (κ1) is 15.6. The van der Waals surface area contributed by atoms with Crippen LogP contribution in [0.2, 0.25) is 0 Å². The summed E-state index contributed by atoms with van der Waals surface area (Å²) < 4.78 is 23.6. The van der Waals surface area contributed by atoms with Gasteiger partial charge in [-0.1, -0.05) is 30.3 Å². The molecule has 0 aliphatic carbocycles. The summed E-state index contributed by atoms with van der Waals surface area (Å²) in [4.78, 5) is 0. The van der Waals surface area contributed by atoms with E-state index in [4.69, 9.17) is 0 Å². The molecule has 1 aliphatic rings. The Hall–Kier alpha value is -2.34. The highest BCUT2D eigenvalue weighted by Gasteiger charge is 2.32. The number of phenols is 1. The minimum absolute atomic E-state index is 0.0972. The second-order valence-corrected chi connectivity index (χ2v) is 7.77. The molecule has 1 aliphatic heterocycles. The van der Waals surface area contributed by atoms with E-state index in [-0.39, 0.29) is 23.3 Å². The third-order valence-electron chi connectivity index (χ3n) is 3.83. The van der Waals surface area contributed by atoms with Gasteiger partial charge in [-0.2, -0.15) is 5.10 Å². The quantitative estimate of drug-likeness (QED) is 0.690. The summed E-state index contributed by atoms with van der Waals surface area (Å²) in [5, 5.41) is 16.0. The molecule has 0 unspecified atom stereocenters. The van der Waals surface area contributed by atoms with Crippen LogP contribution in [0.3, 0.4) is 0 Å². The molecule has 1 heterocycles. The molecule has 0 bridgehead atoms. The van der Waals surface area contributed by atoms with E-state index in [9.17, 15) is 13.5 Å². The van der Waals surface area contributed by atoms with Crippen LogP contribution in [0.25, 0.3) is 0 Å². The molecule has 0 aromatic heterocycles. The van der Waals surface area contributed by atoms with Crippen molar-refractivity contribution in [1.82, 2.24) is 0 Å². The van der Waals surface area contributed by atoms with Gasteiger partial charge >= 0.3 is 0 Å². The van der Waals surface area contributed by atoms with Crippen LogP contribution < -0.4 is 5.01 Å². The van der Waals surface area contributed by atoms with Crippen molar-refractivity contribution in [3.05, 3.63) is 60.2 Å². The number of hydrogen-bond donors (Lipinski definition) is 1. The Kier molecular flexibility index (Phi) is 4.34. The molecule has 5 nitrogen and oxygen atoms in total. The Morgan fingerprint density at radius 1 is 1.09 bits per heavy atom. The van der Waals surface area contributed by atoms with Gasteiger partial charge in [0.15, 0.2) is 9.84 Å². The molecule has 2 aromatic carbocycles. The second kappa shape index (κ2) is 6.42. The standard InChI is InChI=1S/C17H18N2O3S/c20-17-9-5-4-6-14(17)12-18-19(15-7-2-1-3-8-15)16-10-11-23(21,22)13-16/h1-9,12,16,20H,10-11,13H2/b18-12-/t16-/m0/s1. The highest BCUT2D eigenvalue weighted by molar-refractivity contribution is 7.91. The number of nitrogens with zero attached hydrogens (tertiary/aromatic N) is 2. The Bertz CT molecular complexity index is 804. The Morgan fingerprint density at radius 3 is 2.43 bits per heavy atom. The second-order valence-electron chi connectivity index (χ2n) is 5.54. The van der Waals surface area contributed by atoms with Crippen LogP contribution in [-0.2, 0) is 9.84 Å². The molecule has 23 heavy (non-hydrogen) atoms. The zero-order chi connectivity index (χ0) is 16.3. The van der Waals surface area contributed by atoms with Crippen molar-refractivity contribution in [1.29, 1.82) is 0 Å². The van der Waals surface area contributed by atoms with Crippen LogP contribution in [-0.4, -0.2) is 37.3 Å². The van der Waals surface area contributed by atoms with Crippen LogP contribution in [0.15, 0.2) is 59.7 Å². The number of para-hydroxylation sites is 2. The topological polar surface area (TPSA) is 70.0 Å². The summed E-state index contributed by atoms with van der Waals surface area (Å²) in [6.45, 7) is 0. The molecule has 0 saturated carbocycles. The first-order valence-electron chi connectivity index (χ1n) is 7.42. The lowest BCUT2D eigenvalue weighted by molar-refractivity contribution is 0.474. The van der Waals surface area contributed by atoms with Crippen LogP contribution >= 0.6 is 0 Å². The van der Waals surface area contributed by atoms with Gasteiger partial charge in [0.05, 0.1) is 29.4 Å².